The molecule has 0 unspecified atom stereocenters. The van der Waals surface area contributed by atoms with Gasteiger partial charge in [0.25, 0.3) is 5.91 Å². The first-order chi connectivity index (χ1) is 11.2. The third kappa shape index (κ3) is 4.15. The minimum Gasteiger partial charge on any atom is -0.338 e. The number of carbonyl (C=O) groups excluding carboxylic acids is 2. The fraction of sp³-hybridized carbons (Fsp3) is 0.579. The van der Waals surface area contributed by atoms with E-state index in [4.69, 9.17) is 5.73 Å². The molecule has 5 heteroatoms. The molecule has 1 atom stereocenters. The van der Waals surface area contributed by atoms with Gasteiger partial charge in [-0.25, -0.2) is 0 Å². The summed E-state index contributed by atoms with van der Waals surface area (Å²) in [6.07, 6.45) is 0.962. The van der Waals surface area contributed by atoms with Crippen molar-refractivity contribution in [2.45, 2.75) is 40.2 Å². The van der Waals surface area contributed by atoms with E-state index in [0.717, 1.165) is 6.42 Å². The van der Waals surface area contributed by atoms with Crippen molar-refractivity contribution >= 4 is 11.8 Å². The summed E-state index contributed by atoms with van der Waals surface area (Å²) in [5.74, 6) is 0.00627. The van der Waals surface area contributed by atoms with Crippen LogP contribution in [0.5, 0.6) is 0 Å². The first-order valence-electron chi connectivity index (χ1n) is 8.66. The molecule has 2 rings (SSSR count). The van der Waals surface area contributed by atoms with Crippen molar-refractivity contribution in [2.24, 2.45) is 11.1 Å². The number of amides is 2. The van der Waals surface area contributed by atoms with Crippen LogP contribution in [0.4, 0.5) is 0 Å². The predicted octanol–water partition coefficient (Wildman–Crippen LogP) is 1.91. The molecule has 0 bridgehead atoms. The lowest BCUT2D eigenvalue weighted by atomic mass is 9.86. The van der Waals surface area contributed by atoms with Gasteiger partial charge in [0.1, 0.15) is 0 Å². The van der Waals surface area contributed by atoms with Crippen molar-refractivity contribution in [2.75, 3.05) is 26.2 Å². The quantitative estimate of drug-likeness (QED) is 0.920. The average molecular weight is 331 g/mol. The number of benzene rings is 1. The second-order valence-corrected chi connectivity index (χ2v) is 7.51. The Labute approximate surface area is 144 Å². The summed E-state index contributed by atoms with van der Waals surface area (Å²) in [5.41, 5.74) is 7.73. The Balaban J connectivity index is 1.94. The van der Waals surface area contributed by atoms with Gasteiger partial charge in [-0.2, -0.15) is 0 Å². The third-order valence-electron chi connectivity index (χ3n) is 4.69. The minimum atomic E-state index is -0.513. The van der Waals surface area contributed by atoms with Crippen molar-refractivity contribution in [1.82, 2.24) is 9.80 Å². The van der Waals surface area contributed by atoms with Crippen LogP contribution in [0, 0.1) is 5.41 Å². The Kier molecular flexibility index (Phi) is 5.65. The van der Waals surface area contributed by atoms with Crippen molar-refractivity contribution in [3.63, 3.8) is 0 Å². The Morgan fingerprint density at radius 1 is 1.04 bits per heavy atom. The second kappa shape index (κ2) is 7.34. The van der Waals surface area contributed by atoms with Gasteiger partial charge in [0, 0.05) is 31.7 Å². The van der Waals surface area contributed by atoms with Gasteiger partial charge in [-0.05, 0) is 29.5 Å². The summed E-state index contributed by atoms with van der Waals surface area (Å²) in [7, 11) is 0. The molecular weight excluding hydrogens is 302 g/mol. The third-order valence-corrected chi connectivity index (χ3v) is 4.69. The van der Waals surface area contributed by atoms with Crippen LogP contribution in [0.2, 0.25) is 0 Å². The second-order valence-electron chi connectivity index (χ2n) is 7.51. The molecule has 1 fully saturated rings. The van der Waals surface area contributed by atoms with E-state index in [1.165, 1.54) is 5.56 Å². The zero-order valence-corrected chi connectivity index (χ0v) is 15.2. The van der Waals surface area contributed by atoms with Crippen LogP contribution < -0.4 is 5.73 Å². The highest BCUT2D eigenvalue weighted by molar-refractivity contribution is 5.94. The van der Waals surface area contributed by atoms with Gasteiger partial charge in [-0.3, -0.25) is 9.59 Å². The van der Waals surface area contributed by atoms with Crippen LogP contribution in [0.25, 0.3) is 0 Å². The highest BCUT2D eigenvalue weighted by atomic mass is 16.2. The molecule has 0 aromatic heterocycles. The summed E-state index contributed by atoms with van der Waals surface area (Å²) in [5, 5.41) is 0. The largest absolute Gasteiger partial charge is 0.338 e. The van der Waals surface area contributed by atoms with Crippen molar-refractivity contribution in [3.05, 3.63) is 35.4 Å². The molecule has 1 heterocycles. The molecule has 0 spiro atoms. The van der Waals surface area contributed by atoms with E-state index in [-0.39, 0.29) is 17.2 Å². The van der Waals surface area contributed by atoms with E-state index in [2.05, 4.69) is 6.92 Å². The van der Waals surface area contributed by atoms with Gasteiger partial charge in [0.05, 0.1) is 6.04 Å². The number of aryl methyl sites for hydroxylation is 1. The Hall–Kier alpha value is -1.88. The van der Waals surface area contributed by atoms with E-state index in [9.17, 15) is 9.59 Å². The first-order valence-corrected chi connectivity index (χ1v) is 8.66. The number of rotatable bonds is 3. The van der Waals surface area contributed by atoms with Crippen molar-refractivity contribution < 1.29 is 9.59 Å². The maximum Gasteiger partial charge on any atom is 0.253 e. The molecule has 132 valence electrons. The molecule has 1 aliphatic rings. The fourth-order valence-electron chi connectivity index (χ4n) is 2.76. The van der Waals surface area contributed by atoms with E-state index in [1.807, 2.05) is 49.9 Å². The van der Waals surface area contributed by atoms with Gasteiger partial charge in [-0.1, -0.05) is 39.8 Å². The van der Waals surface area contributed by atoms with Gasteiger partial charge < -0.3 is 15.5 Å². The number of nitrogens with two attached hydrogens (primary N) is 1. The van der Waals surface area contributed by atoms with Gasteiger partial charge >= 0.3 is 0 Å². The van der Waals surface area contributed by atoms with E-state index < -0.39 is 6.04 Å². The van der Waals surface area contributed by atoms with Crippen molar-refractivity contribution in [1.29, 1.82) is 0 Å². The molecule has 1 aromatic carbocycles. The molecular formula is C19H29N3O2. The van der Waals surface area contributed by atoms with E-state index in [0.29, 0.717) is 31.7 Å². The molecule has 0 radical (unpaired) electrons. The van der Waals surface area contributed by atoms with Crippen LogP contribution in [-0.2, 0) is 11.2 Å². The maximum absolute atomic E-state index is 12.6. The number of carbonyl (C=O) groups is 2. The lowest BCUT2D eigenvalue weighted by Crippen LogP contribution is -2.56. The predicted molar refractivity (Wildman–Crippen MR) is 95.7 cm³/mol. The molecule has 0 aliphatic carbocycles. The molecule has 5 nitrogen and oxygen atoms in total. The molecule has 1 aromatic rings. The molecule has 2 amide bonds. The average Bonchev–Trinajstić information content (AvgIpc) is 2.59. The smallest absolute Gasteiger partial charge is 0.253 e. The molecule has 24 heavy (non-hydrogen) atoms. The zero-order valence-electron chi connectivity index (χ0n) is 15.2. The highest BCUT2D eigenvalue weighted by Crippen LogP contribution is 2.20. The summed E-state index contributed by atoms with van der Waals surface area (Å²) >= 11 is 0. The number of hydrogen-bond donors (Lipinski definition) is 1. The van der Waals surface area contributed by atoms with Crippen LogP contribution in [-0.4, -0.2) is 53.8 Å². The molecule has 0 saturated carbocycles. The monoisotopic (exact) mass is 331 g/mol. The number of nitrogens with zero attached hydrogens (tertiary/aromatic N) is 2. The molecule has 1 saturated heterocycles. The van der Waals surface area contributed by atoms with Gasteiger partial charge in [0.15, 0.2) is 0 Å². The van der Waals surface area contributed by atoms with E-state index in [1.54, 1.807) is 4.90 Å². The summed E-state index contributed by atoms with van der Waals surface area (Å²) < 4.78 is 0. The SMILES string of the molecule is CCc1ccc(C(=O)N2CCN(C(=O)[C@@H](N)C(C)(C)C)CC2)cc1. The van der Waals surface area contributed by atoms with Crippen LogP contribution in [0.3, 0.4) is 0 Å². The first kappa shape index (κ1) is 18.5. The van der Waals surface area contributed by atoms with Gasteiger partial charge in [-0.15, -0.1) is 0 Å². The van der Waals surface area contributed by atoms with E-state index >= 15 is 0 Å². The fourth-order valence-corrected chi connectivity index (χ4v) is 2.76. The van der Waals surface area contributed by atoms with Crippen LogP contribution in [0.1, 0.15) is 43.6 Å². The Morgan fingerprint density at radius 2 is 1.54 bits per heavy atom. The van der Waals surface area contributed by atoms with Gasteiger partial charge in [0.2, 0.25) is 5.91 Å². The number of piperazine rings is 1. The van der Waals surface area contributed by atoms with Crippen LogP contribution >= 0.6 is 0 Å². The normalized spacial score (nSPS) is 16.9. The maximum atomic E-state index is 12.6. The van der Waals surface area contributed by atoms with Crippen molar-refractivity contribution in [3.8, 4) is 0 Å². The topological polar surface area (TPSA) is 66.6 Å². The summed E-state index contributed by atoms with van der Waals surface area (Å²) in [6.45, 7) is 10.2. The lowest BCUT2D eigenvalue weighted by Gasteiger charge is -2.38. The molecule has 2 N–H and O–H groups in total. The zero-order chi connectivity index (χ0) is 17.9. The lowest BCUT2D eigenvalue weighted by molar-refractivity contribution is -0.136. The summed E-state index contributed by atoms with van der Waals surface area (Å²) in [4.78, 5) is 28.6. The Bertz CT molecular complexity index is 582. The minimum absolute atomic E-state index is 0.0260. The Morgan fingerprint density at radius 3 is 2.00 bits per heavy atom. The highest BCUT2D eigenvalue weighted by Gasteiger charge is 2.33. The summed E-state index contributed by atoms with van der Waals surface area (Å²) in [6, 6.07) is 7.24. The molecule has 1 aliphatic heterocycles. The standard InChI is InChI=1S/C19H29N3O2/c1-5-14-6-8-15(9-7-14)17(23)21-10-12-22(13-11-21)18(24)16(20)19(2,3)4/h6-9,16H,5,10-13,20H2,1-4H3/t16-/m1/s1. The van der Waals surface area contributed by atoms with Crippen LogP contribution in [0.15, 0.2) is 24.3 Å². The number of hydrogen-bond acceptors (Lipinski definition) is 3.